The molecule has 1 aromatic carbocycles. The summed E-state index contributed by atoms with van der Waals surface area (Å²) in [5, 5.41) is 3.26. The Morgan fingerprint density at radius 1 is 1.26 bits per heavy atom. The van der Waals surface area contributed by atoms with Crippen LogP contribution in [0.1, 0.15) is 43.0 Å². The highest BCUT2D eigenvalue weighted by Crippen LogP contribution is 2.24. The SMILES string of the molecule is CCC(Sc1nc(C)c(Cc2ccc(F)cc2)c(=O)n1C)C(=O)NCCN1CCCC1. The maximum absolute atomic E-state index is 13.2. The van der Waals surface area contributed by atoms with Gasteiger partial charge in [0.15, 0.2) is 5.16 Å². The lowest BCUT2D eigenvalue weighted by atomic mass is 10.1. The topological polar surface area (TPSA) is 67.2 Å². The summed E-state index contributed by atoms with van der Waals surface area (Å²) in [6.07, 6.45) is 3.51. The maximum Gasteiger partial charge on any atom is 0.257 e. The predicted octanol–water partition coefficient (Wildman–Crippen LogP) is 2.90. The van der Waals surface area contributed by atoms with Crippen molar-refractivity contribution in [2.45, 2.75) is 49.9 Å². The first-order chi connectivity index (χ1) is 14.9. The highest BCUT2D eigenvalue weighted by molar-refractivity contribution is 8.00. The first-order valence-electron chi connectivity index (χ1n) is 10.9. The minimum absolute atomic E-state index is 0.0195. The second-order valence-electron chi connectivity index (χ2n) is 7.98. The van der Waals surface area contributed by atoms with Gasteiger partial charge in [0.2, 0.25) is 5.91 Å². The lowest BCUT2D eigenvalue weighted by molar-refractivity contribution is -0.120. The van der Waals surface area contributed by atoms with Crippen LogP contribution in [0.15, 0.2) is 34.2 Å². The summed E-state index contributed by atoms with van der Waals surface area (Å²) in [6.45, 7) is 7.50. The molecule has 6 nitrogen and oxygen atoms in total. The lowest BCUT2D eigenvalue weighted by Gasteiger charge is -2.19. The number of likely N-dealkylation sites (tertiary alicyclic amines) is 1. The first-order valence-corrected chi connectivity index (χ1v) is 11.7. The smallest absolute Gasteiger partial charge is 0.257 e. The summed E-state index contributed by atoms with van der Waals surface area (Å²) >= 11 is 1.33. The van der Waals surface area contributed by atoms with Crippen LogP contribution in [-0.4, -0.2) is 51.8 Å². The van der Waals surface area contributed by atoms with E-state index in [1.165, 1.54) is 41.3 Å². The van der Waals surface area contributed by atoms with E-state index in [0.29, 0.717) is 35.8 Å². The molecule has 0 saturated carbocycles. The van der Waals surface area contributed by atoms with E-state index in [9.17, 15) is 14.0 Å². The van der Waals surface area contributed by atoms with Crippen LogP contribution in [-0.2, 0) is 18.3 Å². The number of aromatic nitrogens is 2. The minimum Gasteiger partial charge on any atom is -0.354 e. The number of aryl methyl sites for hydroxylation is 1. The third kappa shape index (κ3) is 6.17. The number of rotatable bonds is 9. The molecular weight excluding hydrogens is 415 g/mol. The largest absolute Gasteiger partial charge is 0.354 e. The van der Waals surface area contributed by atoms with Gasteiger partial charge in [-0.25, -0.2) is 9.37 Å². The van der Waals surface area contributed by atoms with E-state index in [1.807, 2.05) is 6.92 Å². The lowest BCUT2D eigenvalue weighted by Crippen LogP contribution is -2.38. The predicted molar refractivity (Wildman–Crippen MR) is 122 cm³/mol. The molecule has 168 valence electrons. The summed E-state index contributed by atoms with van der Waals surface area (Å²) in [5.41, 5.74) is 1.94. The Labute approximate surface area is 187 Å². The molecule has 2 aromatic rings. The third-order valence-corrected chi connectivity index (χ3v) is 7.09. The van der Waals surface area contributed by atoms with E-state index >= 15 is 0 Å². The number of nitrogens with zero attached hydrogens (tertiary/aromatic N) is 3. The quantitative estimate of drug-likeness (QED) is 0.474. The molecular formula is C23H31FN4O2S. The van der Waals surface area contributed by atoms with Crippen LogP contribution in [0, 0.1) is 12.7 Å². The van der Waals surface area contributed by atoms with Crippen molar-refractivity contribution in [3.63, 3.8) is 0 Å². The van der Waals surface area contributed by atoms with Crippen molar-refractivity contribution in [1.82, 2.24) is 19.8 Å². The molecule has 1 N–H and O–H groups in total. The third-order valence-electron chi connectivity index (χ3n) is 5.68. The molecule has 8 heteroatoms. The number of amides is 1. The van der Waals surface area contributed by atoms with E-state index in [-0.39, 0.29) is 22.5 Å². The van der Waals surface area contributed by atoms with Crippen molar-refractivity contribution in [1.29, 1.82) is 0 Å². The van der Waals surface area contributed by atoms with E-state index in [0.717, 1.165) is 25.2 Å². The number of halogens is 1. The Morgan fingerprint density at radius 2 is 1.94 bits per heavy atom. The van der Waals surface area contributed by atoms with Crippen molar-refractivity contribution in [3.8, 4) is 0 Å². The van der Waals surface area contributed by atoms with Crippen LogP contribution in [0.25, 0.3) is 0 Å². The van der Waals surface area contributed by atoms with E-state index < -0.39 is 0 Å². The van der Waals surface area contributed by atoms with Crippen molar-refractivity contribution in [2.75, 3.05) is 26.2 Å². The molecule has 1 atom stereocenters. The number of benzene rings is 1. The fourth-order valence-electron chi connectivity index (χ4n) is 3.75. The minimum atomic E-state index is -0.306. The molecule has 3 rings (SSSR count). The average molecular weight is 447 g/mol. The summed E-state index contributed by atoms with van der Waals surface area (Å²) in [5.74, 6) is -0.323. The van der Waals surface area contributed by atoms with Crippen molar-refractivity contribution in [2.24, 2.45) is 7.05 Å². The highest BCUT2D eigenvalue weighted by Gasteiger charge is 2.22. The van der Waals surface area contributed by atoms with Gasteiger partial charge in [0, 0.05) is 37.8 Å². The number of carbonyl (C=O) groups excluding carboxylic acids is 1. The van der Waals surface area contributed by atoms with Crippen LogP contribution < -0.4 is 10.9 Å². The fraction of sp³-hybridized carbons (Fsp3) is 0.522. The van der Waals surface area contributed by atoms with Gasteiger partial charge in [-0.15, -0.1) is 0 Å². The number of hydrogen-bond donors (Lipinski definition) is 1. The number of nitrogens with one attached hydrogen (secondary N) is 1. The molecule has 1 fully saturated rings. The van der Waals surface area contributed by atoms with E-state index in [2.05, 4.69) is 15.2 Å². The van der Waals surface area contributed by atoms with Crippen LogP contribution in [0.2, 0.25) is 0 Å². The monoisotopic (exact) mass is 446 g/mol. The van der Waals surface area contributed by atoms with Crippen LogP contribution >= 0.6 is 11.8 Å². The van der Waals surface area contributed by atoms with Crippen LogP contribution in [0.4, 0.5) is 4.39 Å². The molecule has 1 saturated heterocycles. The summed E-state index contributed by atoms with van der Waals surface area (Å²) < 4.78 is 14.7. The fourth-order valence-corrected chi connectivity index (χ4v) is 4.79. The van der Waals surface area contributed by atoms with Gasteiger partial charge in [-0.3, -0.25) is 14.2 Å². The molecule has 0 bridgehead atoms. The normalized spacial score (nSPS) is 15.2. The molecule has 0 spiro atoms. The van der Waals surface area contributed by atoms with Crippen molar-refractivity contribution < 1.29 is 9.18 Å². The molecule has 1 amide bonds. The molecule has 1 aliphatic heterocycles. The zero-order valence-corrected chi connectivity index (χ0v) is 19.3. The Hall–Kier alpha value is -2.19. The van der Waals surface area contributed by atoms with Gasteiger partial charge in [-0.05, 0) is 57.0 Å². The Kier molecular flexibility index (Phi) is 8.26. The molecule has 1 unspecified atom stereocenters. The zero-order valence-electron chi connectivity index (χ0n) is 18.5. The summed E-state index contributed by atoms with van der Waals surface area (Å²) in [7, 11) is 1.68. The van der Waals surface area contributed by atoms with Gasteiger partial charge in [-0.2, -0.15) is 0 Å². The summed E-state index contributed by atoms with van der Waals surface area (Å²) in [4.78, 5) is 32.6. The molecule has 1 aromatic heterocycles. The van der Waals surface area contributed by atoms with Gasteiger partial charge in [0.05, 0.1) is 5.25 Å². The van der Waals surface area contributed by atoms with Gasteiger partial charge in [0.1, 0.15) is 5.82 Å². The molecule has 31 heavy (non-hydrogen) atoms. The molecule has 1 aliphatic rings. The van der Waals surface area contributed by atoms with Crippen LogP contribution in [0.5, 0.6) is 0 Å². The van der Waals surface area contributed by atoms with Gasteiger partial charge in [0.25, 0.3) is 5.56 Å². The number of thioether (sulfide) groups is 1. The Morgan fingerprint density at radius 3 is 2.58 bits per heavy atom. The zero-order chi connectivity index (χ0) is 22.4. The second-order valence-corrected chi connectivity index (χ2v) is 9.15. The van der Waals surface area contributed by atoms with E-state index in [1.54, 1.807) is 26.1 Å². The summed E-state index contributed by atoms with van der Waals surface area (Å²) in [6, 6.07) is 6.13. The Bertz CT molecular complexity index is 955. The van der Waals surface area contributed by atoms with Gasteiger partial charge in [-0.1, -0.05) is 30.8 Å². The highest BCUT2D eigenvalue weighted by atomic mass is 32.2. The van der Waals surface area contributed by atoms with Gasteiger partial charge >= 0.3 is 0 Å². The van der Waals surface area contributed by atoms with Crippen LogP contribution in [0.3, 0.4) is 0 Å². The second kappa shape index (κ2) is 10.9. The number of carbonyl (C=O) groups is 1. The molecule has 0 radical (unpaired) electrons. The average Bonchev–Trinajstić information content (AvgIpc) is 3.27. The Balaban J connectivity index is 1.67. The molecule has 0 aliphatic carbocycles. The maximum atomic E-state index is 13.2. The van der Waals surface area contributed by atoms with Crippen molar-refractivity contribution in [3.05, 3.63) is 57.3 Å². The first kappa shape index (κ1) is 23.5. The standard InChI is InChI=1S/C23H31FN4O2S/c1-4-20(21(29)25-11-14-28-12-5-6-13-28)31-23-26-16(2)19(22(30)27(23)3)15-17-7-9-18(24)10-8-17/h7-10,20H,4-6,11-15H2,1-3H3,(H,25,29). The van der Waals surface area contributed by atoms with Crippen molar-refractivity contribution >= 4 is 17.7 Å². The van der Waals surface area contributed by atoms with E-state index in [4.69, 9.17) is 0 Å². The molecule has 2 heterocycles. The van der Waals surface area contributed by atoms with Gasteiger partial charge < -0.3 is 10.2 Å². The number of hydrogen-bond acceptors (Lipinski definition) is 5.